The van der Waals surface area contributed by atoms with Gasteiger partial charge in [0.25, 0.3) is 0 Å². The molecule has 0 aliphatic carbocycles. The minimum Gasteiger partial charge on any atom is -0.478 e. The van der Waals surface area contributed by atoms with Crippen LogP contribution in [0.4, 0.5) is 5.69 Å². The molecule has 0 saturated heterocycles. The second-order valence-corrected chi connectivity index (χ2v) is 8.27. The number of benzene rings is 2. The molecule has 0 radical (unpaired) electrons. The van der Waals surface area contributed by atoms with Crippen LogP contribution in [0.2, 0.25) is 0 Å². The van der Waals surface area contributed by atoms with E-state index in [2.05, 4.69) is 10.0 Å². The maximum absolute atomic E-state index is 12.7. The number of carboxylic acids is 1. The number of carboxylic acid groups (broad SMARTS) is 1. The molecule has 0 heterocycles. The zero-order valence-electron chi connectivity index (χ0n) is 15.1. The maximum atomic E-state index is 12.7. The van der Waals surface area contributed by atoms with Crippen LogP contribution in [0.5, 0.6) is 0 Å². The van der Waals surface area contributed by atoms with Crippen LogP contribution < -0.4 is 10.0 Å². The van der Waals surface area contributed by atoms with Crippen molar-refractivity contribution >= 4 is 21.7 Å². The first-order valence-electron chi connectivity index (χ1n) is 8.39. The van der Waals surface area contributed by atoms with Gasteiger partial charge in [-0.3, -0.25) is 0 Å². The number of rotatable bonds is 8. The third-order valence-corrected chi connectivity index (χ3v) is 5.33. The highest BCUT2D eigenvalue weighted by Gasteiger charge is 2.22. The number of aromatic carboxylic acids is 1. The molecule has 0 bridgehead atoms. The summed E-state index contributed by atoms with van der Waals surface area (Å²) >= 11 is 0. The predicted octanol–water partition coefficient (Wildman–Crippen LogP) is 3.49. The first-order chi connectivity index (χ1) is 12.2. The van der Waals surface area contributed by atoms with E-state index in [1.165, 1.54) is 18.2 Å². The minimum atomic E-state index is -3.85. The van der Waals surface area contributed by atoms with E-state index in [1.54, 1.807) is 0 Å². The van der Waals surface area contributed by atoms with Crippen LogP contribution in [0.25, 0.3) is 0 Å². The van der Waals surface area contributed by atoms with Crippen molar-refractivity contribution in [1.82, 2.24) is 4.72 Å². The van der Waals surface area contributed by atoms with E-state index in [1.807, 2.05) is 51.1 Å². The van der Waals surface area contributed by atoms with Gasteiger partial charge in [0.1, 0.15) is 4.90 Å². The number of hydrogen-bond donors (Lipinski definition) is 3. The van der Waals surface area contributed by atoms with Crippen molar-refractivity contribution in [2.24, 2.45) is 5.92 Å². The standard InChI is InChI=1S/C19H24N2O4S/c1-13(2)12-20-26(24,25)18-11-16(19(22)23)9-10-17(18)21-14(3)15-7-5-4-6-8-15/h4-11,13-14,20-21H,12H2,1-3H3,(H,22,23)/t14-/m0/s1. The number of hydrogen-bond acceptors (Lipinski definition) is 4. The van der Waals surface area contributed by atoms with E-state index in [0.717, 1.165) is 5.56 Å². The summed E-state index contributed by atoms with van der Waals surface area (Å²) in [5, 5.41) is 12.4. The van der Waals surface area contributed by atoms with Crippen LogP contribution in [0.3, 0.4) is 0 Å². The number of anilines is 1. The molecule has 0 aromatic heterocycles. The SMILES string of the molecule is CC(C)CNS(=O)(=O)c1cc(C(=O)O)ccc1N[C@@H](C)c1ccccc1. The molecule has 2 aromatic rings. The Kier molecular flexibility index (Phi) is 6.39. The predicted molar refractivity (Wildman–Crippen MR) is 102 cm³/mol. The van der Waals surface area contributed by atoms with Crippen LogP contribution in [0.1, 0.15) is 42.7 Å². The van der Waals surface area contributed by atoms with Gasteiger partial charge in [-0.15, -0.1) is 0 Å². The van der Waals surface area contributed by atoms with Gasteiger partial charge in [-0.05, 0) is 36.6 Å². The molecule has 7 heteroatoms. The van der Waals surface area contributed by atoms with Gasteiger partial charge in [0.05, 0.1) is 11.3 Å². The third-order valence-electron chi connectivity index (χ3n) is 3.87. The summed E-state index contributed by atoms with van der Waals surface area (Å²) in [6.07, 6.45) is 0. The molecule has 2 rings (SSSR count). The molecular weight excluding hydrogens is 352 g/mol. The molecule has 0 aliphatic heterocycles. The molecule has 0 aliphatic rings. The van der Waals surface area contributed by atoms with E-state index < -0.39 is 16.0 Å². The Balaban J connectivity index is 2.40. The molecule has 0 amide bonds. The molecule has 3 N–H and O–H groups in total. The van der Waals surface area contributed by atoms with E-state index in [9.17, 15) is 18.3 Å². The van der Waals surface area contributed by atoms with Gasteiger partial charge in [-0.2, -0.15) is 0 Å². The fourth-order valence-corrected chi connectivity index (χ4v) is 3.82. The summed E-state index contributed by atoms with van der Waals surface area (Å²) in [5.41, 5.74) is 1.28. The Hall–Kier alpha value is -2.38. The van der Waals surface area contributed by atoms with Gasteiger partial charge < -0.3 is 10.4 Å². The Morgan fingerprint density at radius 1 is 1.08 bits per heavy atom. The van der Waals surface area contributed by atoms with Crippen molar-refractivity contribution < 1.29 is 18.3 Å². The lowest BCUT2D eigenvalue weighted by atomic mass is 10.1. The summed E-state index contributed by atoms with van der Waals surface area (Å²) in [5.74, 6) is -1.04. The molecule has 0 unspecified atom stereocenters. The summed E-state index contributed by atoms with van der Waals surface area (Å²) in [4.78, 5) is 11.2. The van der Waals surface area contributed by atoms with Crippen molar-refractivity contribution in [2.75, 3.05) is 11.9 Å². The average molecular weight is 376 g/mol. The van der Waals surface area contributed by atoms with Crippen LogP contribution in [0, 0.1) is 5.92 Å². The number of nitrogens with one attached hydrogen (secondary N) is 2. The molecule has 140 valence electrons. The van der Waals surface area contributed by atoms with E-state index in [4.69, 9.17) is 0 Å². The Morgan fingerprint density at radius 2 is 1.73 bits per heavy atom. The van der Waals surface area contributed by atoms with Crippen molar-refractivity contribution in [3.8, 4) is 0 Å². The maximum Gasteiger partial charge on any atom is 0.335 e. The van der Waals surface area contributed by atoms with E-state index >= 15 is 0 Å². The second-order valence-electron chi connectivity index (χ2n) is 6.54. The molecule has 6 nitrogen and oxygen atoms in total. The van der Waals surface area contributed by atoms with Crippen molar-refractivity contribution in [3.63, 3.8) is 0 Å². The summed E-state index contributed by atoms with van der Waals surface area (Å²) in [6.45, 7) is 5.98. The fraction of sp³-hybridized carbons (Fsp3) is 0.316. The molecule has 1 atom stereocenters. The van der Waals surface area contributed by atoms with Crippen LogP contribution >= 0.6 is 0 Å². The van der Waals surface area contributed by atoms with Crippen molar-refractivity contribution in [1.29, 1.82) is 0 Å². The van der Waals surface area contributed by atoms with Gasteiger partial charge in [0, 0.05) is 12.6 Å². The largest absolute Gasteiger partial charge is 0.478 e. The van der Waals surface area contributed by atoms with E-state index in [-0.39, 0.29) is 29.0 Å². The molecule has 2 aromatic carbocycles. The minimum absolute atomic E-state index is 0.0687. The Bertz CT molecular complexity index is 864. The number of sulfonamides is 1. The lowest BCUT2D eigenvalue weighted by molar-refractivity contribution is 0.0696. The highest BCUT2D eigenvalue weighted by atomic mass is 32.2. The second kappa shape index (κ2) is 8.33. The van der Waals surface area contributed by atoms with Gasteiger partial charge in [-0.25, -0.2) is 17.9 Å². The summed E-state index contributed by atoms with van der Waals surface area (Å²) < 4.78 is 27.9. The first kappa shape index (κ1) is 19.9. The highest BCUT2D eigenvalue weighted by Crippen LogP contribution is 2.27. The molecule has 0 saturated carbocycles. The van der Waals surface area contributed by atoms with Crippen LogP contribution in [-0.2, 0) is 10.0 Å². The Labute approximate surface area is 154 Å². The smallest absolute Gasteiger partial charge is 0.335 e. The van der Waals surface area contributed by atoms with Gasteiger partial charge in [-0.1, -0.05) is 44.2 Å². The van der Waals surface area contributed by atoms with Crippen LogP contribution in [-0.4, -0.2) is 26.0 Å². The zero-order chi connectivity index (χ0) is 19.3. The lowest BCUT2D eigenvalue weighted by Gasteiger charge is -2.19. The van der Waals surface area contributed by atoms with Crippen molar-refractivity contribution in [3.05, 3.63) is 59.7 Å². The average Bonchev–Trinajstić information content (AvgIpc) is 2.61. The Morgan fingerprint density at radius 3 is 2.31 bits per heavy atom. The fourth-order valence-electron chi connectivity index (χ4n) is 2.41. The van der Waals surface area contributed by atoms with Gasteiger partial charge in [0.2, 0.25) is 10.0 Å². The van der Waals surface area contributed by atoms with Crippen LogP contribution in [0.15, 0.2) is 53.4 Å². The topological polar surface area (TPSA) is 95.5 Å². The highest BCUT2D eigenvalue weighted by molar-refractivity contribution is 7.89. The van der Waals surface area contributed by atoms with Gasteiger partial charge >= 0.3 is 5.97 Å². The number of carbonyl (C=O) groups is 1. The quantitative estimate of drug-likeness (QED) is 0.655. The monoisotopic (exact) mass is 376 g/mol. The molecule has 26 heavy (non-hydrogen) atoms. The third kappa shape index (κ3) is 5.06. The normalized spacial score (nSPS) is 12.8. The molecule has 0 fully saturated rings. The lowest BCUT2D eigenvalue weighted by Crippen LogP contribution is -2.28. The van der Waals surface area contributed by atoms with Crippen molar-refractivity contribution in [2.45, 2.75) is 31.7 Å². The van der Waals surface area contributed by atoms with E-state index in [0.29, 0.717) is 5.69 Å². The molecular formula is C19H24N2O4S. The summed E-state index contributed by atoms with van der Waals surface area (Å²) in [6, 6.07) is 13.5. The molecule has 0 spiro atoms. The van der Waals surface area contributed by atoms with Gasteiger partial charge in [0.15, 0.2) is 0 Å². The summed E-state index contributed by atoms with van der Waals surface area (Å²) in [7, 11) is -3.85. The zero-order valence-corrected chi connectivity index (χ0v) is 15.9. The first-order valence-corrected chi connectivity index (χ1v) is 9.87.